The SMILES string of the molecule is CO[C@H]1CNCC1NC(=O)c1cc(C)cc(Cl)c1. The lowest BCUT2D eigenvalue weighted by atomic mass is 10.1. The van der Waals surface area contributed by atoms with Crippen molar-refractivity contribution in [1.29, 1.82) is 0 Å². The Labute approximate surface area is 112 Å². The van der Waals surface area contributed by atoms with Crippen LogP contribution in [0.15, 0.2) is 18.2 Å². The van der Waals surface area contributed by atoms with Crippen molar-refractivity contribution in [3.8, 4) is 0 Å². The van der Waals surface area contributed by atoms with E-state index in [1.165, 1.54) is 0 Å². The van der Waals surface area contributed by atoms with Gasteiger partial charge in [-0.1, -0.05) is 11.6 Å². The quantitative estimate of drug-likeness (QED) is 0.871. The van der Waals surface area contributed by atoms with Gasteiger partial charge < -0.3 is 15.4 Å². The topological polar surface area (TPSA) is 50.4 Å². The summed E-state index contributed by atoms with van der Waals surface area (Å²) in [5.74, 6) is -0.114. The molecule has 0 saturated carbocycles. The molecule has 1 fully saturated rings. The van der Waals surface area contributed by atoms with E-state index in [0.717, 1.165) is 18.7 Å². The van der Waals surface area contributed by atoms with Crippen LogP contribution in [-0.4, -0.2) is 38.3 Å². The molecule has 1 aliphatic rings. The Balaban J connectivity index is 2.07. The van der Waals surface area contributed by atoms with E-state index in [9.17, 15) is 4.79 Å². The van der Waals surface area contributed by atoms with Crippen molar-refractivity contribution in [2.75, 3.05) is 20.2 Å². The van der Waals surface area contributed by atoms with Crippen molar-refractivity contribution < 1.29 is 9.53 Å². The minimum atomic E-state index is -0.114. The van der Waals surface area contributed by atoms with E-state index in [1.807, 2.05) is 19.1 Å². The number of carbonyl (C=O) groups excluding carboxylic acids is 1. The van der Waals surface area contributed by atoms with E-state index in [4.69, 9.17) is 16.3 Å². The molecule has 1 aromatic carbocycles. The highest BCUT2D eigenvalue weighted by molar-refractivity contribution is 6.31. The van der Waals surface area contributed by atoms with Gasteiger partial charge in [0.1, 0.15) is 0 Å². The van der Waals surface area contributed by atoms with Gasteiger partial charge in [-0.25, -0.2) is 0 Å². The molecule has 2 rings (SSSR count). The Morgan fingerprint density at radius 2 is 2.22 bits per heavy atom. The first-order valence-corrected chi connectivity index (χ1v) is 6.29. The number of rotatable bonds is 3. The van der Waals surface area contributed by atoms with Crippen LogP contribution in [0.25, 0.3) is 0 Å². The lowest BCUT2D eigenvalue weighted by Crippen LogP contribution is -2.43. The number of amides is 1. The third kappa shape index (κ3) is 3.02. The van der Waals surface area contributed by atoms with Gasteiger partial charge in [0.2, 0.25) is 0 Å². The third-order valence-corrected chi connectivity index (χ3v) is 3.30. The minimum absolute atomic E-state index is 0.00166. The number of hydrogen-bond donors (Lipinski definition) is 2. The Kier molecular flexibility index (Phi) is 4.22. The lowest BCUT2D eigenvalue weighted by molar-refractivity contribution is 0.0780. The first kappa shape index (κ1) is 13.3. The molecule has 5 heteroatoms. The summed E-state index contributed by atoms with van der Waals surface area (Å²) in [5, 5.41) is 6.73. The average molecular weight is 269 g/mol. The molecule has 1 heterocycles. The zero-order valence-corrected chi connectivity index (χ0v) is 11.3. The molecule has 1 saturated heterocycles. The Morgan fingerprint density at radius 1 is 1.44 bits per heavy atom. The molecule has 2 atom stereocenters. The molecule has 0 aliphatic carbocycles. The van der Waals surface area contributed by atoms with Crippen LogP contribution < -0.4 is 10.6 Å². The number of aryl methyl sites for hydroxylation is 1. The van der Waals surface area contributed by atoms with Gasteiger partial charge in [-0.15, -0.1) is 0 Å². The van der Waals surface area contributed by atoms with Crippen molar-refractivity contribution in [1.82, 2.24) is 10.6 Å². The zero-order valence-electron chi connectivity index (χ0n) is 10.5. The van der Waals surface area contributed by atoms with E-state index >= 15 is 0 Å². The fraction of sp³-hybridized carbons (Fsp3) is 0.462. The second-order valence-corrected chi connectivity index (χ2v) is 4.97. The second kappa shape index (κ2) is 5.69. The molecule has 1 aromatic rings. The monoisotopic (exact) mass is 268 g/mol. The molecular formula is C13H17ClN2O2. The van der Waals surface area contributed by atoms with Gasteiger partial charge >= 0.3 is 0 Å². The standard InChI is InChI=1S/C13H17ClN2O2/c1-8-3-9(5-10(14)4-8)13(17)16-11-6-15-7-12(11)18-2/h3-5,11-12,15H,6-7H2,1-2H3,(H,16,17)/t11?,12-/m0/s1. The lowest BCUT2D eigenvalue weighted by Gasteiger charge is -2.18. The molecule has 0 radical (unpaired) electrons. The Bertz CT molecular complexity index is 430. The predicted molar refractivity (Wildman–Crippen MR) is 71.1 cm³/mol. The largest absolute Gasteiger partial charge is 0.378 e. The molecule has 1 aliphatic heterocycles. The molecule has 0 aromatic heterocycles. The Hall–Kier alpha value is -1.10. The summed E-state index contributed by atoms with van der Waals surface area (Å²) >= 11 is 5.95. The van der Waals surface area contributed by atoms with E-state index in [0.29, 0.717) is 10.6 Å². The molecule has 1 amide bonds. The number of halogens is 1. The molecule has 1 unspecified atom stereocenters. The van der Waals surface area contributed by atoms with Crippen molar-refractivity contribution in [3.63, 3.8) is 0 Å². The normalized spacial score (nSPS) is 23.1. The molecular weight excluding hydrogens is 252 g/mol. The van der Waals surface area contributed by atoms with Crippen LogP contribution in [0.1, 0.15) is 15.9 Å². The van der Waals surface area contributed by atoms with Crippen molar-refractivity contribution >= 4 is 17.5 Å². The van der Waals surface area contributed by atoms with Crippen LogP contribution in [0.4, 0.5) is 0 Å². The van der Waals surface area contributed by atoms with Crippen LogP contribution in [0.2, 0.25) is 5.02 Å². The summed E-state index contributed by atoms with van der Waals surface area (Å²) in [6, 6.07) is 5.33. The highest BCUT2D eigenvalue weighted by Crippen LogP contribution is 2.15. The third-order valence-electron chi connectivity index (χ3n) is 3.08. The van der Waals surface area contributed by atoms with Crippen LogP contribution >= 0.6 is 11.6 Å². The van der Waals surface area contributed by atoms with Crippen molar-refractivity contribution in [2.24, 2.45) is 0 Å². The summed E-state index contributed by atoms with van der Waals surface area (Å²) in [5.41, 5.74) is 1.56. The van der Waals surface area contributed by atoms with Gasteiger partial charge in [-0.05, 0) is 30.7 Å². The Morgan fingerprint density at radius 3 is 2.89 bits per heavy atom. The van der Waals surface area contributed by atoms with E-state index in [1.54, 1.807) is 13.2 Å². The second-order valence-electron chi connectivity index (χ2n) is 4.53. The highest BCUT2D eigenvalue weighted by atomic mass is 35.5. The van der Waals surface area contributed by atoms with Crippen molar-refractivity contribution in [3.05, 3.63) is 34.3 Å². The minimum Gasteiger partial charge on any atom is -0.378 e. The van der Waals surface area contributed by atoms with Crippen LogP contribution in [0, 0.1) is 6.92 Å². The fourth-order valence-corrected chi connectivity index (χ4v) is 2.46. The summed E-state index contributed by atoms with van der Waals surface area (Å²) in [4.78, 5) is 12.1. The maximum Gasteiger partial charge on any atom is 0.251 e. The number of ether oxygens (including phenoxy) is 1. The molecule has 98 valence electrons. The molecule has 4 nitrogen and oxygen atoms in total. The van der Waals surface area contributed by atoms with Gasteiger partial charge in [-0.2, -0.15) is 0 Å². The van der Waals surface area contributed by atoms with Gasteiger partial charge in [0, 0.05) is 30.8 Å². The highest BCUT2D eigenvalue weighted by Gasteiger charge is 2.28. The van der Waals surface area contributed by atoms with Gasteiger partial charge in [-0.3, -0.25) is 4.79 Å². The zero-order chi connectivity index (χ0) is 13.1. The average Bonchev–Trinajstić information content (AvgIpc) is 2.75. The smallest absolute Gasteiger partial charge is 0.251 e. The van der Waals surface area contributed by atoms with Gasteiger partial charge in [0.15, 0.2) is 0 Å². The number of carbonyl (C=O) groups is 1. The first-order valence-electron chi connectivity index (χ1n) is 5.91. The van der Waals surface area contributed by atoms with Crippen molar-refractivity contribution in [2.45, 2.75) is 19.1 Å². The van der Waals surface area contributed by atoms with Crippen LogP contribution in [0.3, 0.4) is 0 Å². The molecule has 0 spiro atoms. The number of hydrogen-bond acceptors (Lipinski definition) is 3. The van der Waals surface area contributed by atoms with E-state index in [-0.39, 0.29) is 18.1 Å². The van der Waals surface area contributed by atoms with E-state index in [2.05, 4.69) is 10.6 Å². The number of methoxy groups -OCH3 is 1. The van der Waals surface area contributed by atoms with Gasteiger partial charge in [0.05, 0.1) is 12.1 Å². The summed E-state index contributed by atoms with van der Waals surface area (Å²) in [7, 11) is 1.65. The fourth-order valence-electron chi connectivity index (χ4n) is 2.17. The van der Waals surface area contributed by atoms with Crippen LogP contribution in [-0.2, 0) is 4.74 Å². The maximum atomic E-state index is 12.1. The summed E-state index contributed by atoms with van der Waals surface area (Å²) in [6.45, 7) is 3.40. The van der Waals surface area contributed by atoms with E-state index < -0.39 is 0 Å². The van der Waals surface area contributed by atoms with Gasteiger partial charge in [0.25, 0.3) is 5.91 Å². The summed E-state index contributed by atoms with van der Waals surface area (Å²) < 4.78 is 5.30. The van der Waals surface area contributed by atoms with Crippen LogP contribution in [0.5, 0.6) is 0 Å². The summed E-state index contributed by atoms with van der Waals surface area (Å²) in [6.07, 6.45) is 0.0224. The molecule has 0 bridgehead atoms. The molecule has 18 heavy (non-hydrogen) atoms. The first-order chi connectivity index (χ1) is 8.60. The number of benzene rings is 1. The molecule has 2 N–H and O–H groups in total. The number of nitrogens with one attached hydrogen (secondary N) is 2. The predicted octanol–water partition coefficient (Wildman–Crippen LogP) is 1.37. The maximum absolute atomic E-state index is 12.1.